The first kappa shape index (κ1) is 24.1. The zero-order valence-electron chi connectivity index (χ0n) is 21.6. The van der Waals surface area contributed by atoms with E-state index in [1.54, 1.807) is 31.4 Å². The highest BCUT2D eigenvalue weighted by molar-refractivity contribution is 6.12. The highest BCUT2D eigenvalue weighted by atomic mass is 16.2. The first-order chi connectivity index (χ1) is 17.7. The van der Waals surface area contributed by atoms with Crippen LogP contribution in [0.3, 0.4) is 0 Å². The number of carbonyl (C=O) groups excluding carboxylic acids is 1. The van der Waals surface area contributed by atoms with E-state index in [0.29, 0.717) is 12.1 Å². The average molecular weight is 489 g/mol. The molecule has 0 atom stereocenters. The van der Waals surface area contributed by atoms with E-state index in [9.17, 15) is 10.1 Å². The van der Waals surface area contributed by atoms with Crippen molar-refractivity contribution in [3.8, 4) is 28.5 Å². The third-order valence-electron chi connectivity index (χ3n) is 6.77. The lowest BCUT2D eigenvalue weighted by Gasteiger charge is -2.15. The van der Waals surface area contributed by atoms with Gasteiger partial charge in [-0.15, -0.1) is 0 Å². The van der Waals surface area contributed by atoms with E-state index >= 15 is 0 Å². The van der Waals surface area contributed by atoms with Crippen LogP contribution in [0.5, 0.6) is 0 Å². The Labute approximate surface area is 216 Å². The van der Waals surface area contributed by atoms with Crippen molar-refractivity contribution >= 4 is 27.7 Å². The fraction of sp³-hybridized carbons (Fsp3) is 0.233. The van der Waals surface area contributed by atoms with Crippen LogP contribution in [0.4, 0.5) is 0 Å². The minimum Gasteiger partial charge on any atom is -0.345 e. The van der Waals surface area contributed by atoms with Crippen LogP contribution in [0.25, 0.3) is 44.2 Å². The van der Waals surface area contributed by atoms with Gasteiger partial charge in [0.05, 0.1) is 34.3 Å². The average Bonchev–Trinajstić information content (AvgIpc) is 3.31. The summed E-state index contributed by atoms with van der Waals surface area (Å²) in [6.45, 7) is 6.61. The van der Waals surface area contributed by atoms with Gasteiger partial charge in [0, 0.05) is 54.9 Å². The van der Waals surface area contributed by atoms with E-state index in [4.69, 9.17) is 10.1 Å². The number of hydrogen-bond acceptors (Lipinski definition) is 5. The maximum Gasteiger partial charge on any atom is 0.254 e. The summed E-state index contributed by atoms with van der Waals surface area (Å²) in [5.41, 5.74) is 6.42. The predicted molar refractivity (Wildman–Crippen MR) is 146 cm³/mol. The molecule has 0 aliphatic rings. The van der Waals surface area contributed by atoms with Crippen LogP contribution in [-0.2, 0) is 12.0 Å². The molecule has 0 aliphatic carbocycles. The van der Waals surface area contributed by atoms with Crippen molar-refractivity contribution < 1.29 is 4.79 Å². The molecule has 0 saturated heterocycles. The number of carbonyl (C=O) groups is 1. The summed E-state index contributed by atoms with van der Waals surface area (Å²) >= 11 is 0. The Bertz CT molecular complexity index is 1690. The monoisotopic (exact) mass is 488 g/mol. The summed E-state index contributed by atoms with van der Waals surface area (Å²) in [5.74, 6) is -0.0891. The number of hydrogen-bond donors (Lipinski definition) is 0. The Morgan fingerprint density at radius 1 is 1.00 bits per heavy atom. The molecule has 1 amide bonds. The fourth-order valence-corrected chi connectivity index (χ4v) is 4.56. The molecule has 7 heteroatoms. The molecule has 5 aromatic rings. The number of nitriles is 1. The van der Waals surface area contributed by atoms with Gasteiger partial charge < -0.3 is 4.90 Å². The lowest BCUT2D eigenvalue weighted by atomic mass is 9.86. The van der Waals surface area contributed by atoms with E-state index in [2.05, 4.69) is 24.0 Å². The Kier molecular flexibility index (Phi) is 5.96. The molecular formula is C30H28N6O. The topological polar surface area (TPSA) is 87.7 Å². The van der Waals surface area contributed by atoms with Crippen molar-refractivity contribution in [3.05, 3.63) is 78.2 Å². The second-order valence-corrected chi connectivity index (χ2v) is 9.89. The van der Waals surface area contributed by atoms with E-state index in [-0.39, 0.29) is 5.91 Å². The molecule has 5 rings (SSSR count). The lowest BCUT2D eigenvalue weighted by Crippen LogP contribution is -2.21. The number of fused-ring (bicyclic) bond motifs is 3. The predicted octanol–water partition coefficient (Wildman–Crippen LogP) is 5.84. The molecule has 0 N–H and O–H groups in total. The summed E-state index contributed by atoms with van der Waals surface area (Å²) in [5, 5.41) is 16.5. The largest absolute Gasteiger partial charge is 0.345 e. The molecule has 0 unspecified atom stereocenters. The van der Waals surface area contributed by atoms with Gasteiger partial charge in [0.15, 0.2) is 0 Å². The van der Waals surface area contributed by atoms with Crippen LogP contribution >= 0.6 is 0 Å². The van der Waals surface area contributed by atoms with Gasteiger partial charge in [0.2, 0.25) is 0 Å². The number of aryl methyl sites for hydroxylation is 1. The number of benzene rings is 2. The van der Waals surface area contributed by atoms with Crippen LogP contribution in [0.2, 0.25) is 0 Å². The van der Waals surface area contributed by atoms with Gasteiger partial charge in [0.1, 0.15) is 5.69 Å². The zero-order valence-corrected chi connectivity index (χ0v) is 21.6. The third-order valence-corrected chi connectivity index (χ3v) is 6.77. The summed E-state index contributed by atoms with van der Waals surface area (Å²) in [7, 11) is 3.46. The van der Waals surface area contributed by atoms with E-state index in [0.717, 1.165) is 49.8 Å². The molecule has 0 aliphatic heterocycles. The molecular weight excluding hydrogens is 460 g/mol. The standard InChI is InChI=1S/C30H28N6O/c1-6-36-26-17-33-25-12-9-20(21-13-22(16-32-15-21)29(37)35(4)5)14-24(25)27(26)28(34-36)19-7-10-23(11-8-19)30(2,3)18-31/h7-17H,6H2,1-5H3. The number of aromatic nitrogens is 4. The normalized spacial score (nSPS) is 11.6. The first-order valence-electron chi connectivity index (χ1n) is 12.2. The zero-order chi connectivity index (χ0) is 26.3. The third kappa shape index (κ3) is 4.21. The van der Waals surface area contributed by atoms with Crippen LogP contribution in [0.1, 0.15) is 36.7 Å². The van der Waals surface area contributed by atoms with Crippen LogP contribution < -0.4 is 0 Å². The van der Waals surface area contributed by atoms with Crippen molar-refractivity contribution in [3.63, 3.8) is 0 Å². The van der Waals surface area contributed by atoms with Gasteiger partial charge in [0.25, 0.3) is 5.91 Å². The molecule has 0 bridgehead atoms. The second kappa shape index (κ2) is 9.14. The van der Waals surface area contributed by atoms with E-state index < -0.39 is 5.41 Å². The number of pyridine rings is 2. The van der Waals surface area contributed by atoms with Crippen molar-refractivity contribution in [2.24, 2.45) is 0 Å². The van der Waals surface area contributed by atoms with Crippen molar-refractivity contribution in [2.75, 3.05) is 14.1 Å². The minimum absolute atomic E-state index is 0.0891. The van der Waals surface area contributed by atoms with Gasteiger partial charge >= 0.3 is 0 Å². The molecule has 2 aromatic carbocycles. The maximum absolute atomic E-state index is 12.5. The molecule has 0 spiro atoms. The molecule has 7 nitrogen and oxygen atoms in total. The first-order valence-corrected chi connectivity index (χ1v) is 12.2. The molecule has 3 aromatic heterocycles. The Morgan fingerprint density at radius 2 is 1.73 bits per heavy atom. The SMILES string of the molecule is CCn1nc(-c2ccc(C(C)(C)C#N)cc2)c2c3cc(-c4cncc(C(=O)N(C)C)c4)ccc3ncc21. The summed E-state index contributed by atoms with van der Waals surface area (Å²) in [6, 6.07) is 18.4. The van der Waals surface area contributed by atoms with Crippen molar-refractivity contribution in [2.45, 2.75) is 32.7 Å². The molecule has 0 fully saturated rings. The smallest absolute Gasteiger partial charge is 0.254 e. The van der Waals surface area contributed by atoms with Gasteiger partial charge in [-0.05, 0) is 50.1 Å². The van der Waals surface area contributed by atoms with Gasteiger partial charge in [-0.3, -0.25) is 19.4 Å². The van der Waals surface area contributed by atoms with Crippen LogP contribution in [-0.4, -0.2) is 44.7 Å². The molecule has 184 valence electrons. The molecule has 3 heterocycles. The van der Waals surface area contributed by atoms with Gasteiger partial charge in [-0.2, -0.15) is 10.4 Å². The Morgan fingerprint density at radius 3 is 2.41 bits per heavy atom. The van der Waals surface area contributed by atoms with Gasteiger partial charge in [-0.1, -0.05) is 30.3 Å². The lowest BCUT2D eigenvalue weighted by molar-refractivity contribution is 0.0827. The minimum atomic E-state index is -0.564. The second-order valence-electron chi connectivity index (χ2n) is 9.89. The Balaban J connectivity index is 1.70. The highest BCUT2D eigenvalue weighted by Gasteiger charge is 2.21. The van der Waals surface area contributed by atoms with Crippen molar-refractivity contribution in [1.82, 2.24) is 24.6 Å². The van der Waals surface area contributed by atoms with E-state index in [1.807, 2.05) is 67.2 Å². The van der Waals surface area contributed by atoms with Gasteiger partial charge in [-0.25, -0.2) is 0 Å². The molecule has 0 radical (unpaired) electrons. The fourth-order valence-electron chi connectivity index (χ4n) is 4.56. The number of nitrogens with zero attached hydrogens (tertiary/aromatic N) is 6. The Hall–Kier alpha value is -4.57. The van der Waals surface area contributed by atoms with Crippen LogP contribution in [0.15, 0.2) is 67.1 Å². The number of amides is 1. The summed E-state index contributed by atoms with van der Waals surface area (Å²) < 4.78 is 1.97. The highest BCUT2D eigenvalue weighted by Crippen LogP contribution is 2.36. The summed E-state index contributed by atoms with van der Waals surface area (Å²) in [6.07, 6.45) is 5.24. The molecule has 0 saturated carbocycles. The number of rotatable bonds is 5. The van der Waals surface area contributed by atoms with Crippen molar-refractivity contribution in [1.29, 1.82) is 5.26 Å². The maximum atomic E-state index is 12.5. The van der Waals surface area contributed by atoms with Crippen LogP contribution in [0, 0.1) is 11.3 Å². The molecule has 37 heavy (non-hydrogen) atoms. The van der Waals surface area contributed by atoms with E-state index in [1.165, 1.54) is 0 Å². The quantitative estimate of drug-likeness (QED) is 0.310. The summed E-state index contributed by atoms with van der Waals surface area (Å²) in [4.78, 5) is 23.1.